The SMILES string of the molecule is C1=CC2=C3C=C1C21CCNC(C3)C1. The summed E-state index contributed by atoms with van der Waals surface area (Å²) in [6.45, 7) is 1.21. The Labute approximate surface area is 78.2 Å². The number of hydrogen-bond acceptors (Lipinski definition) is 1. The van der Waals surface area contributed by atoms with Crippen molar-refractivity contribution in [3.8, 4) is 0 Å². The third-order valence-electron chi connectivity index (χ3n) is 4.22. The summed E-state index contributed by atoms with van der Waals surface area (Å²) in [4.78, 5) is 0. The van der Waals surface area contributed by atoms with Crippen molar-refractivity contribution in [3.05, 3.63) is 34.9 Å². The van der Waals surface area contributed by atoms with Crippen molar-refractivity contribution in [2.45, 2.75) is 25.3 Å². The molecule has 0 aromatic heterocycles. The van der Waals surface area contributed by atoms with Gasteiger partial charge in [0.1, 0.15) is 0 Å². The first-order valence-electron chi connectivity index (χ1n) is 5.26. The van der Waals surface area contributed by atoms with E-state index in [0.29, 0.717) is 5.41 Å². The van der Waals surface area contributed by atoms with Crippen molar-refractivity contribution in [3.63, 3.8) is 0 Å². The number of rotatable bonds is 0. The van der Waals surface area contributed by atoms with Gasteiger partial charge in [0.05, 0.1) is 0 Å². The second-order valence-corrected chi connectivity index (χ2v) is 4.76. The second kappa shape index (κ2) is 1.83. The Kier molecular flexibility index (Phi) is 0.929. The molecule has 0 radical (unpaired) electrons. The summed E-state index contributed by atoms with van der Waals surface area (Å²) in [5.74, 6) is 0. The first-order chi connectivity index (χ1) is 6.38. The maximum Gasteiger partial charge on any atom is 0.0232 e. The van der Waals surface area contributed by atoms with Gasteiger partial charge in [-0.15, -0.1) is 0 Å². The van der Waals surface area contributed by atoms with Crippen LogP contribution in [-0.4, -0.2) is 12.6 Å². The molecule has 1 aliphatic heterocycles. The molecule has 1 spiro atoms. The molecule has 1 nitrogen and oxygen atoms in total. The molecule has 5 bridgehead atoms. The van der Waals surface area contributed by atoms with E-state index in [1.165, 1.54) is 25.8 Å². The average Bonchev–Trinajstić information content (AvgIpc) is 2.55. The van der Waals surface area contributed by atoms with Gasteiger partial charge >= 0.3 is 0 Å². The maximum atomic E-state index is 3.62. The number of piperidine rings is 1. The molecule has 66 valence electrons. The van der Waals surface area contributed by atoms with Crippen LogP contribution in [0.15, 0.2) is 34.9 Å². The predicted octanol–water partition coefficient (Wildman–Crippen LogP) is 1.93. The number of hydrogen-bond donors (Lipinski definition) is 1. The molecule has 4 rings (SSSR count). The summed E-state index contributed by atoms with van der Waals surface area (Å²) >= 11 is 0. The monoisotopic (exact) mass is 171 g/mol. The molecule has 0 aromatic carbocycles. The first-order valence-corrected chi connectivity index (χ1v) is 5.26. The molecule has 1 heteroatoms. The van der Waals surface area contributed by atoms with Crippen LogP contribution in [0.1, 0.15) is 19.3 Å². The van der Waals surface area contributed by atoms with Gasteiger partial charge in [0.25, 0.3) is 0 Å². The van der Waals surface area contributed by atoms with E-state index in [9.17, 15) is 0 Å². The van der Waals surface area contributed by atoms with Crippen LogP contribution >= 0.6 is 0 Å². The lowest BCUT2D eigenvalue weighted by atomic mass is 9.67. The Balaban J connectivity index is 2.00. The molecule has 2 atom stereocenters. The average molecular weight is 171 g/mol. The summed E-state index contributed by atoms with van der Waals surface area (Å²) in [7, 11) is 0. The summed E-state index contributed by atoms with van der Waals surface area (Å²) in [6, 6.07) is 0.765. The highest BCUT2D eigenvalue weighted by Crippen LogP contribution is 2.59. The highest BCUT2D eigenvalue weighted by Gasteiger charge is 2.50. The molecule has 13 heavy (non-hydrogen) atoms. The predicted molar refractivity (Wildman–Crippen MR) is 52.3 cm³/mol. The van der Waals surface area contributed by atoms with Crippen LogP contribution in [0.5, 0.6) is 0 Å². The van der Waals surface area contributed by atoms with Crippen molar-refractivity contribution in [2.24, 2.45) is 5.41 Å². The molecule has 4 aliphatic rings. The van der Waals surface area contributed by atoms with Gasteiger partial charge < -0.3 is 5.32 Å². The van der Waals surface area contributed by atoms with Gasteiger partial charge in [0.2, 0.25) is 0 Å². The fourth-order valence-corrected chi connectivity index (χ4v) is 3.68. The zero-order chi connectivity index (χ0) is 8.47. The fraction of sp³-hybridized carbons (Fsp3) is 0.500. The van der Waals surface area contributed by atoms with Gasteiger partial charge in [-0.2, -0.15) is 0 Å². The number of nitrogens with one attached hydrogen (secondary N) is 1. The van der Waals surface area contributed by atoms with Gasteiger partial charge in [0.15, 0.2) is 0 Å². The van der Waals surface area contributed by atoms with E-state index < -0.39 is 0 Å². The first kappa shape index (κ1) is 6.61. The normalized spacial score (nSPS) is 44.3. The summed E-state index contributed by atoms with van der Waals surface area (Å²) in [5.41, 5.74) is 5.39. The lowest BCUT2D eigenvalue weighted by Crippen LogP contribution is -2.45. The minimum Gasteiger partial charge on any atom is -0.314 e. The van der Waals surface area contributed by atoms with E-state index in [2.05, 4.69) is 23.5 Å². The Hall–Kier alpha value is -0.820. The minimum absolute atomic E-state index is 0.490. The molecule has 3 aliphatic carbocycles. The third kappa shape index (κ3) is 0.584. The van der Waals surface area contributed by atoms with Crippen molar-refractivity contribution in [1.82, 2.24) is 5.32 Å². The summed E-state index contributed by atoms with van der Waals surface area (Å²) in [6.07, 6.45) is 11.1. The maximum absolute atomic E-state index is 3.62. The van der Waals surface area contributed by atoms with Crippen LogP contribution < -0.4 is 5.32 Å². The van der Waals surface area contributed by atoms with Crippen LogP contribution in [0, 0.1) is 5.41 Å². The minimum atomic E-state index is 0.490. The molecule has 1 fully saturated rings. The largest absolute Gasteiger partial charge is 0.314 e. The fourth-order valence-electron chi connectivity index (χ4n) is 3.68. The molecule has 0 saturated carbocycles. The van der Waals surface area contributed by atoms with Gasteiger partial charge in [-0.05, 0) is 42.5 Å². The number of fused-ring (bicyclic) bond motifs is 1. The Morgan fingerprint density at radius 3 is 3.38 bits per heavy atom. The van der Waals surface area contributed by atoms with Crippen molar-refractivity contribution in [1.29, 1.82) is 0 Å². The van der Waals surface area contributed by atoms with Crippen molar-refractivity contribution < 1.29 is 0 Å². The molecule has 2 unspecified atom stereocenters. The van der Waals surface area contributed by atoms with Crippen LogP contribution in [0.4, 0.5) is 0 Å². The van der Waals surface area contributed by atoms with Crippen molar-refractivity contribution >= 4 is 0 Å². The zero-order valence-corrected chi connectivity index (χ0v) is 7.64. The van der Waals surface area contributed by atoms with E-state index in [0.717, 1.165) is 6.04 Å². The zero-order valence-electron chi connectivity index (χ0n) is 7.64. The molecule has 1 saturated heterocycles. The van der Waals surface area contributed by atoms with E-state index in [1.807, 2.05) is 0 Å². The van der Waals surface area contributed by atoms with E-state index in [-0.39, 0.29) is 0 Å². The number of allylic oxidation sites excluding steroid dienone is 5. The van der Waals surface area contributed by atoms with Crippen LogP contribution in [0.25, 0.3) is 0 Å². The lowest BCUT2D eigenvalue weighted by Gasteiger charge is -2.42. The van der Waals surface area contributed by atoms with Crippen LogP contribution in [0.3, 0.4) is 0 Å². The lowest BCUT2D eigenvalue weighted by molar-refractivity contribution is 0.250. The van der Waals surface area contributed by atoms with Gasteiger partial charge in [0, 0.05) is 11.5 Å². The van der Waals surface area contributed by atoms with Crippen LogP contribution in [-0.2, 0) is 0 Å². The molecule has 1 heterocycles. The Morgan fingerprint density at radius 1 is 1.38 bits per heavy atom. The quantitative estimate of drug-likeness (QED) is 0.587. The summed E-state index contributed by atoms with van der Waals surface area (Å²) < 4.78 is 0. The van der Waals surface area contributed by atoms with Crippen LogP contribution in [0.2, 0.25) is 0 Å². The summed E-state index contributed by atoms with van der Waals surface area (Å²) in [5, 5.41) is 3.62. The standard InChI is InChI=1S/C12H13N/c1-2-11-8-5-9(1)12(11)3-4-13-10(6-8)7-12/h1-2,5,10,13H,3-4,6-7H2. The van der Waals surface area contributed by atoms with Crippen molar-refractivity contribution in [2.75, 3.05) is 6.54 Å². The van der Waals surface area contributed by atoms with Gasteiger partial charge in [-0.1, -0.05) is 18.2 Å². The Bertz CT molecular complexity index is 386. The molecule has 0 aromatic rings. The smallest absolute Gasteiger partial charge is 0.0232 e. The highest BCUT2D eigenvalue weighted by molar-refractivity contribution is 5.64. The van der Waals surface area contributed by atoms with E-state index in [1.54, 1.807) is 16.7 Å². The second-order valence-electron chi connectivity index (χ2n) is 4.76. The van der Waals surface area contributed by atoms with E-state index in [4.69, 9.17) is 0 Å². The van der Waals surface area contributed by atoms with Gasteiger partial charge in [-0.25, -0.2) is 0 Å². The molecule has 1 N–H and O–H groups in total. The van der Waals surface area contributed by atoms with Gasteiger partial charge in [-0.3, -0.25) is 0 Å². The highest BCUT2D eigenvalue weighted by atomic mass is 14.9. The third-order valence-corrected chi connectivity index (χ3v) is 4.22. The topological polar surface area (TPSA) is 12.0 Å². The molecular formula is C12H13N. The van der Waals surface area contributed by atoms with E-state index >= 15 is 0 Å². The molecular weight excluding hydrogens is 158 g/mol. The molecule has 0 amide bonds. The Morgan fingerprint density at radius 2 is 2.38 bits per heavy atom.